The van der Waals surface area contributed by atoms with Crippen LogP contribution in [0.3, 0.4) is 0 Å². The Morgan fingerprint density at radius 3 is 2.30 bits per heavy atom. The Hall–Kier alpha value is -2.45. The van der Waals surface area contributed by atoms with Crippen LogP contribution in [-0.4, -0.2) is 28.1 Å². The number of nitrogens with one attached hydrogen (secondary N) is 1. The first kappa shape index (κ1) is 22.2. The third-order valence-corrected chi connectivity index (χ3v) is 5.70. The number of fused-ring (bicyclic) bond motifs is 1. The summed E-state index contributed by atoms with van der Waals surface area (Å²) in [6, 6.07) is 13.4. The molecule has 0 spiro atoms. The largest absolute Gasteiger partial charge is 0.422 e. The Kier molecular flexibility index (Phi) is 5.93. The summed E-state index contributed by atoms with van der Waals surface area (Å²) >= 11 is 3.37. The number of aromatic nitrogens is 1. The Balaban J connectivity index is 2.04. The quantitative estimate of drug-likeness (QED) is 0.463. The normalized spacial score (nSPS) is 14.9. The molecule has 0 saturated heterocycles. The highest BCUT2D eigenvalue weighted by atomic mass is 79.9. The lowest BCUT2D eigenvalue weighted by Crippen LogP contribution is -2.50. The van der Waals surface area contributed by atoms with Gasteiger partial charge >= 0.3 is 6.18 Å². The zero-order chi connectivity index (χ0) is 22.2. The zero-order valence-corrected chi connectivity index (χ0v) is 17.9. The van der Waals surface area contributed by atoms with Gasteiger partial charge in [0, 0.05) is 27.7 Å². The predicted octanol–water partition coefficient (Wildman–Crippen LogP) is 5.65. The SMILES string of the molecule is CC(C)(CC(O)(C=Nc1c[nH]c(=O)c2ccccc12)C(F)(F)F)c1ccccc1Br. The van der Waals surface area contributed by atoms with Crippen LogP contribution < -0.4 is 5.56 Å². The first-order valence-corrected chi connectivity index (χ1v) is 9.94. The summed E-state index contributed by atoms with van der Waals surface area (Å²) in [5.74, 6) is 0. The van der Waals surface area contributed by atoms with E-state index in [-0.39, 0.29) is 11.2 Å². The van der Waals surface area contributed by atoms with Crippen LogP contribution in [0.2, 0.25) is 0 Å². The van der Waals surface area contributed by atoms with E-state index < -0.39 is 23.6 Å². The molecule has 158 valence electrons. The maximum absolute atomic E-state index is 13.9. The van der Waals surface area contributed by atoms with Crippen molar-refractivity contribution < 1.29 is 18.3 Å². The highest BCUT2D eigenvalue weighted by molar-refractivity contribution is 9.10. The molecule has 1 atom stereocenters. The molecule has 1 aromatic heterocycles. The van der Waals surface area contributed by atoms with Gasteiger partial charge < -0.3 is 10.1 Å². The van der Waals surface area contributed by atoms with Gasteiger partial charge in [0.15, 0.2) is 5.60 Å². The number of pyridine rings is 1. The zero-order valence-electron chi connectivity index (χ0n) is 16.3. The van der Waals surface area contributed by atoms with Crippen LogP contribution in [0.1, 0.15) is 25.8 Å². The molecule has 1 heterocycles. The van der Waals surface area contributed by atoms with Crippen molar-refractivity contribution in [2.24, 2.45) is 4.99 Å². The van der Waals surface area contributed by atoms with E-state index in [2.05, 4.69) is 25.9 Å². The fraction of sp³-hybridized carbons (Fsp3) is 0.273. The third kappa shape index (κ3) is 4.34. The molecule has 2 aromatic carbocycles. The minimum absolute atomic E-state index is 0.131. The monoisotopic (exact) mass is 480 g/mol. The van der Waals surface area contributed by atoms with Crippen molar-refractivity contribution in [1.82, 2.24) is 4.98 Å². The van der Waals surface area contributed by atoms with Crippen LogP contribution in [0.15, 0.2) is 69.0 Å². The molecule has 8 heteroatoms. The van der Waals surface area contributed by atoms with E-state index in [0.717, 1.165) is 0 Å². The number of aliphatic hydroxyl groups is 1. The van der Waals surface area contributed by atoms with E-state index in [0.29, 0.717) is 27.0 Å². The molecule has 3 aromatic rings. The van der Waals surface area contributed by atoms with Gasteiger partial charge in [0.2, 0.25) is 0 Å². The van der Waals surface area contributed by atoms with Crippen molar-refractivity contribution in [3.05, 3.63) is 75.1 Å². The number of aliphatic imine (C=N–C) groups is 1. The molecule has 0 aliphatic heterocycles. The van der Waals surface area contributed by atoms with E-state index in [9.17, 15) is 23.1 Å². The van der Waals surface area contributed by atoms with Crippen molar-refractivity contribution in [2.45, 2.75) is 37.5 Å². The average Bonchev–Trinajstić information content (AvgIpc) is 2.67. The smallest absolute Gasteiger partial charge is 0.376 e. The van der Waals surface area contributed by atoms with Crippen molar-refractivity contribution in [3.63, 3.8) is 0 Å². The summed E-state index contributed by atoms with van der Waals surface area (Å²) in [5.41, 5.74) is -3.81. The number of H-pyrrole nitrogens is 1. The summed E-state index contributed by atoms with van der Waals surface area (Å²) in [7, 11) is 0. The minimum Gasteiger partial charge on any atom is -0.376 e. The second kappa shape index (κ2) is 8.00. The lowest BCUT2D eigenvalue weighted by atomic mass is 9.75. The lowest BCUT2D eigenvalue weighted by molar-refractivity contribution is -0.234. The van der Waals surface area contributed by atoms with Crippen molar-refractivity contribution in [2.75, 3.05) is 0 Å². The minimum atomic E-state index is -4.95. The molecule has 0 aliphatic carbocycles. The summed E-state index contributed by atoms with van der Waals surface area (Å²) in [6.45, 7) is 3.26. The maximum atomic E-state index is 13.9. The molecule has 0 aliphatic rings. The number of alkyl halides is 3. The number of hydrogen-bond acceptors (Lipinski definition) is 3. The number of halogens is 4. The van der Waals surface area contributed by atoms with Crippen LogP contribution in [0, 0.1) is 0 Å². The molecule has 3 rings (SSSR count). The van der Waals surface area contributed by atoms with Gasteiger partial charge in [-0.1, -0.05) is 66.2 Å². The van der Waals surface area contributed by atoms with Gasteiger partial charge in [-0.15, -0.1) is 0 Å². The van der Waals surface area contributed by atoms with Gasteiger partial charge in [0.05, 0.1) is 5.69 Å². The lowest BCUT2D eigenvalue weighted by Gasteiger charge is -2.36. The number of aromatic amines is 1. The first-order valence-electron chi connectivity index (χ1n) is 9.14. The second-order valence-corrected chi connectivity index (χ2v) is 8.62. The summed E-state index contributed by atoms with van der Waals surface area (Å²) in [4.78, 5) is 18.3. The molecular weight excluding hydrogens is 461 g/mol. The third-order valence-electron chi connectivity index (χ3n) is 5.01. The van der Waals surface area contributed by atoms with Gasteiger partial charge in [-0.2, -0.15) is 13.2 Å². The van der Waals surface area contributed by atoms with E-state index in [4.69, 9.17) is 0 Å². The first-order chi connectivity index (χ1) is 13.9. The van der Waals surface area contributed by atoms with Gasteiger partial charge in [-0.05, 0) is 29.5 Å². The Morgan fingerprint density at radius 1 is 1.07 bits per heavy atom. The molecule has 0 radical (unpaired) electrons. The van der Waals surface area contributed by atoms with E-state index in [1.54, 1.807) is 62.4 Å². The highest BCUT2D eigenvalue weighted by Crippen LogP contribution is 2.42. The number of benzene rings is 2. The topological polar surface area (TPSA) is 65.5 Å². The van der Waals surface area contributed by atoms with E-state index in [1.165, 1.54) is 6.20 Å². The fourth-order valence-corrected chi connectivity index (χ4v) is 4.30. The number of hydrogen-bond donors (Lipinski definition) is 2. The second-order valence-electron chi connectivity index (χ2n) is 7.77. The molecule has 1 unspecified atom stereocenters. The van der Waals surface area contributed by atoms with Gasteiger partial charge in [-0.3, -0.25) is 9.79 Å². The van der Waals surface area contributed by atoms with Gasteiger partial charge in [0.25, 0.3) is 5.56 Å². The molecule has 0 saturated carbocycles. The standard InChI is InChI=1S/C22H20BrF3N2O2/c1-20(2,16-9-5-6-10-17(16)23)12-21(30,22(24,25)26)13-28-18-11-27-19(29)15-8-4-3-7-14(15)18/h3-11,13,30H,12H2,1-2H3,(H,27,29). The van der Waals surface area contributed by atoms with Crippen LogP contribution in [0.4, 0.5) is 18.9 Å². The number of nitrogens with zero attached hydrogens (tertiary/aromatic N) is 1. The van der Waals surface area contributed by atoms with E-state index >= 15 is 0 Å². The predicted molar refractivity (Wildman–Crippen MR) is 116 cm³/mol. The van der Waals surface area contributed by atoms with Crippen LogP contribution in [0.25, 0.3) is 10.8 Å². The molecule has 4 nitrogen and oxygen atoms in total. The van der Waals surface area contributed by atoms with Crippen molar-refractivity contribution in [1.29, 1.82) is 0 Å². The van der Waals surface area contributed by atoms with Crippen LogP contribution in [-0.2, 0) is 5.41 Å². The molecule has 0 bridgehead atoms. The van der Waals surface area contributed by atoms with E-state index in [1.807, 2.05) is 0 Å². The maximum Gasteiger partial charge on any atom is 0.422 e. The average molecular weight is 481 g/mol. The molecule has 2 N–H and O–H groups in total. The van der Waals surface area contributed by atoms with Crippen LogP contribution >= 0.6 is 15.9 Å². The van der Waals surface area contributed by atoms with Crippen molar-refractivity contribution in [3.8, 4) is 0 Å². The number of rotatable bonds is 5. The van der Waals surface area contributed by atoms with Gasteiger partial charge in [0.1, 0.15) is 0 Å². The molecular formula is C22H20BrF3N2O2. The summed E-state index contributed by atoms with van der Waals surface area (Å²) in [6.07, 6.45) is -3.84. The molecule has 30 heavy (non-hydrogen) atoms. The Morgan fingerprint density at radius 2 is 1.67 bits per heavy atom. The summed E-state index contributed by atoms with van der Waals surface area (Å²) in [5, 5.41) is 11.4. The van der Waals surface area contributed by atoms with Crippen LogP contribution in [0.5, 0.6) is 0 Å². The summed E-state index contributed by atoms with van der Waals surface area (Å²) < 4.78 is 42.4. The highest BCUT2D eigenvalue weighted by Gasteiger charge is 2.55. The molecule has 0 fully saturated rings. The Bertz CT molecular complexity index is 1150. The fourth-order valence-electron chi connectivity index (χ4n) is 3.48. The Labute approximate surface area is 179 Å². The van der Waals surface area contributed by atoms with Gasteiger partial charge in [-0.25, -0.2) is 0 Å². The van der Waals surface area contributed by atoms with Crippen molar-refractivity contribution >= 4 is 38.6 Å². The molecule has 0 amide bonds.